The summed E-state index contributed by atoms with van der Waals surface area (Å²) >= 11 is 6.86. The van der Waals surface area contributed by atoms with E-state index in [0.29, 0.717) is 5.56 Å². The molecule has 0 saturated carbocycles. The molecule has 1 aliphatic heterocycles. The first-order valence-corrected chi connectivity index (χ1v) is 11.4. The Morgan fingerprint density at radius 3 is 2.68 bits per heavy atom. The second kappa shape index (κ2) is 8.17. The van der Waals surface area contributed by atoms with Gasteiger partial charge in [-0.25, -0.2) is 13.4 Å². The quantitative estimate of drug-likeness (QED) is 0.547. The summed E-state index contributed by atoms with van der Waals surface area (Å²) in [4.78, 5) is 3.79. The van der Waals surface area contributed by atoms with Crippen LogP contribution in [0.2, 0.25) is 5.02 Å². The summed E-state index contributed by atoms with van der Waals surface area (Å²) < 4.78 is 81.8. The van der Waals surface area contributed by atoms with Crippen molar-refractivity contribution in [1.82, 2.24) is 9.36 Å². The zero-order valence-electron chi connectivity index (χ0n) is 15.3. The summed E-state index contributed by atoms with van der Waals surface area (Å²) in [6.45, 7) is 0. The number of nitrogens with zero attached hydrogens (tertiary/aromatic N) is 2. The SMILES string of the molecule is O=S(=O)(Nc1ncns1)[C@@H]1CC(Oc2ccc(C(F)(F)F)cc2Cl)c2ccccc2O1. The van der Waals surface area contributed by atoms with Gasteiger partial charge in [0.1, 0.15) is 23.9 Å². The molecule has 2 heterocycles. The minimum Gasteiger partial charge on any atom is -0.484 e. The van der Waals surface area contributed by atoms with Crippen LogP contribution in [0.5, 0.6) is 11.5 Å². The second-order valence-electron chi connectivity index (χ2n) is 6.46. The molecule has 0 amide bonds. The highest BCUT2D eigenvalue weighted by Crippen LogP contribution is 2.42. The van der Waals surface area contributed by atoms with Crippen molar-refractivity contribution in [3.8, 4) is 11.5 Å². The first kappa shape index (κ1) is 21.7. The molecule has 0 spiro atoms. The fourth-order valence-corrected chi connectivity index (χ4v) is 5.08. The molecule has 2 aromatic carbocycles. The summed E-state index contributed by atoms with van der Waals surface area (Å²) in [5, 5.41) is -0.170. The third-order valence-electron chi connectivity index (χ3n) is 4.40. The first-order chi connectivity index (χ1) is 14.6. The average molecular weight is 492 g/mol. The number of para-hydroxylation sites is 1. The van der Waals surface area contributed by atoms with Crippen molar-refractivity contribution in [3.05, 3.63) is 64.9 Å². The van der Waals surface area contributed by atoms with Crippen LogP contribution in [0.1, 0.15) is 23.7 Å². The van der Waals surface area contributed by atoms with Gasteiger partial charge in [0.05, 0.1) is 10.6 Å². The number of anilines is 1. The lowest BCUT2D eigenvalue weighted by Crippen LogP contribution is -2.38. The number of hydrogen-bond donors (Lipinski definition) is 1. The molecule has 1 aromatic heterocycles. The van der Waals surface area contributed by atoms with Crippen LogP contribution in [0.4, 0.5) is 18.3 Å². The fraction of sp³-hybridized carbons (Fsp3) is 0.222. The van der Waals surface area contributed by atoms with Crippen LogP contribution in [0.25, 0.3) is 0 Å². The lowest BCUT2D eigenvalue weighted by atomic mass is 10.0. The normalized spacial score (nSPS) is 18.7. The Hall–Kier alpha value is -2.57. The van der Waals surface area contributed by atoms with Gasteiger partial charge in [-0.05, 0) is 24.3 Å². The van der Waals surface area contributed by atoms with Gasteiger partial charge in [0.2, 0.25) is 10.6 Å². The van der Waals surface area contributed by atoms with Crippen molar-refractivity contribution in [2.45, 2.75) is 24.1 Å². The van der Waals surface area contributed by atoms with Gasteiger partial charge in [0, 0.05) is 23.5 Å². The molecular formula is C18H13ClF3N3O4S2. The van der Waals surface area contributed by atoms with Crippen molar-refractivity contribution in [3.63, 3.8) is 0 Å². The molecule has 4 rings (SSSR count). The minimum absolute atomic E-state index is 0.00963. The Kier molecular flexibility index (Phi) is 5.71. The van der Waals surface area contributed by atoms with Crippen LogP contribution in [0, 0.1) is 0 Å². The van der Waals surface area contributed by atoms with E-state index >= 15 is 0 Å². The van der Waals surface area contributed by atoms with Gasteiger partial charge in [0.15, 0.2) is 0 Å². The predicted octanol–water partition coefficient (Wildman–Crippen LogP) is 4.88. The maximum absolute atomic E-state index is 12.9. The zero-order valence-corrected chi connectivity index (χ0v) is 17.7. The number of fused-ring (bicyclic) bond motifs is 1. The Morgan fingerprint density at radius 2 is 2.00 bits per heavy atom. The molecule has 1 aliphatic rings. The number of aromatic nitrogens is 2. The van der Waals surface area contributed by atoms with Crippen molar-refractivity contribution in [2.24, 2.45) is 0 Å². The van der Waals surface area contributed by atoms with Crippen LogP contribution < -0.4 is 14.2 Å². The highest BCUT2D eigenvalue weighted by atomic mass is 35.5. The Morgan fingerprint density at radius 1 is 1.23 bits per heavy atom. The summed E-state index contributed by atoms with van der Waals surface area (Å²) in [6.07, 6.45) is -4.32. The lowest BCUT2D eigenvalue weighted by Gasteiger charge is -2.32. The number of rotatable bonds is 5. The van der Waals surface area contributed by atoms with Gasteiger partial charge < -0.3 is 9.47 Å². The van der Waals surface area contributed by atoms with Crippen molar-refractivity contribution in [2.75, 3.05) is 4.72 Å². The second-order valence-corrected chi connectivity index (χ2v) is 9.47. The Balaban J connectivity index is 1.62. The predicted molar refractivity (Wildman–Crippen MR) is 108 cm³/mol. The maximum atomic E-state index is 12.9. The van der Waals surface area contributed by atoms with E-state index < -0.39 is 33.3 Å². The van der Waals surface area contributed by atoms with E-state index in [2.05, 4.69) is 14.1 Å². The molecule has 31 heavy (non-hydrogen) atoms. The maximum Gasteiger partial charge on any atom is 0.416 e. The van der Waals surface area contributed by atoms with Crippen LogP contribution in [0.15, 0.2) is 48.8 Å². The van der Waals surface area contributed by atoms with Gasteiger partial charge in [-0.15, -0.1) is 0 Å². The van der Waals surface area contributed by atoms with E-state index in [1.54, 1.807) is 24.3 Å². The average Bonchev–Trinajstić information content (AvgIpc) is 3.21. The topological polar surface area (TPSA) is 90.4 Å². The molecule has 0 bridgehead atoms. The van der Waals surface area contributed by atoms with E-state index in [1.165, 1.54) is 6.33 Å². The summed E-state index contributed by atoms with van der Waals surface area (Å²) in [6, 6.07) is 9.33. The lowest BCUT2D eigenvalue weighted by molar-refractivity contribution is -0.137. The van der Waals surface area contributed by atoms with Crippen molar-refractivity contribution >= 4 is 38.3 Å². The summed E-state index contributed by atoms with van der Waals surface area (Å²) in [5.41, 5.74) is -1.72. The minimum atomic E-state index is -4.55. The van der Waals surface area contributed by atoms with Gasteiger partial charge in [-0.2, -0.15) is 17.5 Å². The molecule has 0 fully saturated rings. The van der Waals surface area contributed by atoms with Crippen LogP contribution in [-0.4, -0.2) is 23.2 Å². The molecule has 3 aromatic rings. The van der Waals surface area contributed by atoms with Crippen LogP contribution in [-0.2, 0) is 16.2 Å². The summed E-state index contributed by atoms with van der Waals surface area (Å²) in [5.74, 6) is 0.263. The molecule has 0 saturated heterocycles. The third-order valence-corrected chi connectivity index (χ3v) is 6.86. The van der Waals surface area contributed by atoms with Gasteiger partial charge in [-0.1, -0.05) is 29.8 Å². The van der Waals surface area contributed by atoms with Gasteiger partial charge in [-0.3, -0.25) is 4.72 Å². The number of sulfonamides is 1. The van der Waals surface area contributed by atoms with E-state index in [-0.39, 0.29) is 28.1 Å². The fourth-order valence-electron chi connectivity index (χ4n) is 2.98. The highest BCUT2D eigenvalue weighted by molar-refractivity contribution is 7.93. The van der Waals surface area contributed by atoms with E-state index in [1.807, 2.05) is 0 Å². The molecule has 7 nitrogen and oxygen atoms in total. The highest BCUT2D eigenvalue weighted by Gasteiger charge is 2.38. The monoisotopic (exact) mass is 491 g/mol. The van der Waals surface area contributed by atoms with Crippen LogP contribution >= 0.6 is 23.1 Å². The molecule has 0 aliphatic carbocycles. The molecule has 2 atom stereocenters. The van der Waals surface area contributed by atoms with Gasteiger partial charge in [0.25, 0.3) is 10.0 Å². The zero-order chi connectivity index (χ0) is 22.2. The largest absolute Gasteiger partial charge is 0.484 e. The number of hydrogen-bond acceptors (Lipinski definition) is 7. The van der Waals surface area contributed by atoms with E-state index in [4.69, 9.17) is 21.1 Å². The van der Waals surface area contributed by atoms with Gasteiger partial charge >= 0.3 is 6.18 Å². The molecule has 164 valence electrons. The van der Waals surface area contributed by atoms with E-state index in [9.17, 15) is 21.6 Å². The van der Waals surface area contributed by atoms with Crippen molar-refractivity contribution < 1.29 is 31.1 Å². The number of alkyl halides is 3. The smallest absolute Gasteiger partial charge is 0.416 e. The molecule has 1 unspecified atom stereocenters. The number of benzene rings is 2. The number of nitrogens with one attached hydrogen (secondary N) is 1. The Bertz CT molecular complexity index is 1190. The van der Waals surface area contributed by atoms with Crippen LogP contribution in [0.3, 0.4) is 0 Å². The molecule has 1 N–H and O–H groups in total. The number of halogens is 4. The van der Waals surface area contributed by atoms with Crippen molar-refractivity contribution in [1.29, 1.82) is 0 Å². The first-order valence-electron chi connectivity index (χ1n) is 8.71. The number of ether oxygens (including phenoxy) is 2. The standard InChI is InChI=1S/C18H13ClF3N3O4S2/c19-12-7-10(18(20,21)22)5-6-14(12)28-15-8-16(29-13-4-2-1-3-11(13)15)31(26,27)25-17-23-9-24-30-17/h1-7,9,15-16H,8H2,(H,23,24,25)/t15?,16-/m1/s1. The molecule has 13 heteroatoms. The molecular weight excluding hydrogens is 479 g/mol. The molecule has 0 radical (unpaired) electrons. The Labute approximate surface area is 184 Å². The van der Waals surface area contributed by atoms with E-state index in [0.717, 1.165) is 29.7 Å². The third kappa shape index (κ3) is 4.70. The summed E-state index contributed by atoms with van der Waals surface area (Å²) in [7, 11) is -4.04.